The van der Waals surface area contributed by atoms with Crippen LogP contribution in [0.15, 0.2) is 0 Å². The first-order valence-electron chi connectivity index (χ1n) is 3.89. The maximum Gasteiger partial charge on any atom is 0.124 e. The summed E-state index contributed by atoms with van der Waals surface area (Å²) in [5.41, 5.74) is 0. The van der Waals surface area contributed by atoms with Gasteiger partial charge in [-0.3, -0.25) is 0 Å². The molecule has 1 aliphatic heterocycles. The molecule has 0 amide bonds. The molecule has 2 heteroatoms. The van der Waals surface area contributed by atoms with Crippen molar-refractivity contribution < 1.29 is 4.79 Å². The van der Waals surface area contributed by atoms with Crippen molar-refractivity contribution in [2.45, 2.75) is 25.8 Å². The van der Waals surface area contributed by atoms with Crippen molar-refractivity contribution >= 4 is 6.29 Å². The normalized spacial score (nSPS) is 35.8. The van der Waals surface area contributed by atoms with Crippen LogP contribution in [0.1, 0.15) is 19.8 Å². The van der Waals surface area contributed by atoms with E-state index in [2.05, 4.69) is 18.9 Å². The lowest BCUT2D eigenvalue weighted by molar-refractivity contribution is -0.112. The van der Waals surface area contributed by atoms with Crippen LogP contribution in [-0.2, 0) is 4.79 Å². The van der Waals surface area contributed by atoms with E-state index in [9.17, 15) is 4.79 Å². The van der Waals surface area contributed by atoms with E-state index in [1.807, 2.05) is 0 Å². The van der Waals surface area contributed by atoms with Crippen molar-refractivity contribution in [1.29, 1.82) is 0 Å². The van der Waals surface area contributed by atoms with Crippen LogP contribution in [0, 0.1) is 5.92 Å². The Kier molecular flexibility index (Phi) is 2.44. The van der Waals surface area contributed by atoms with Crippen molar-refractivity contribution in [3.8, 4) is 0 Å². The maximum atomic E-state index is 10.4. The van der Waals surface area contributed by atoms with Crippen LogP contribution in [0.3, 0.4) is 0 Å². The van der Waals surface area contributed by atoms with E-state index in [1.165, 1.54) is 6.42 Å². The third kappa shape index (κ3) is 1.57. The minimum atomic E-state index is 0.293. The van der Waals surface area contributed by atoms with E-state index >= 15 is 0 Å². The number of nitrogens with zero attached hydrogens (tertiary/aromatic N) is 1. The molecule has 1 heterocycles. The lowest BCUT2D eigenvalue weighted by Gasteiger charge is -2.32. The predicted molar refractivity (Wildman–Crippen MR) is 40.9 cm³/mol. The molecule has 58 valence electrons. The topological polar surface area (TPSA) is 20.3 Å². The number of carbonyl (C=O) groups is 1. The van der Waals surface area contributed by atoms with E-state index in [1.54, 1.807) is 0 Å². The predicted octanol–water partition coefficient (Wildman–Crippen LogP) is 0.916. The molecule has 0 N–H and O–H groups in total. The first-order valence-corrected chi connectivity index (χ1v) is 3.89. The molecule has 0 unspecified atom stereocenters. The molecule has 0 spiro atoms. The Balaban J connectivity index is 2.40. The average Bonchev–Trinajstić information content (AvgIpc) is 1.95. The van der Waals surface area contributed by atoms with Crippen LogP contribution in [-0.4, -0.2) is 30.8 Å². The van der Waals surface area contributed by atoms with Crippen molar-refractivity contribution in [2.75, 3.05) is 13.6 Å². The number of likely N-dealkylation sites (tertiary alicyclic amines) is 1. The fourth-order valence-electron chi connectivity index (χ4n) is 1.43. The second kappa shape index (κ2) is 3.15. The highest BCUT2D eigenvalue weighted by Gasteiger charge is 2.21. The minimum absolute atomic E-state index is 0.293. The summed E-state index contributed by atoms with van der Waals surface area (Å²) in [6.45, 7) is 3.16. The van der Waals surface area contributed by atoms with E-state index < -0.39 is 0 Å². The van der Waals surface area contributed by atoms with Gasteiger partial charge in [-0.25, -0.2) is 0 Å². The first kappa shape index (κ1) is 7.73. The zero-order valence-electron chi connectivity index (χ0n) is 6.71. The van der Waals surface area contributed by atoms with Gasteiger partial charge in [0.15, 0.2) is 0 Å². The van der Waals surface area contributed by atoms with E-state index in [0.717, 1.165) is 19.3 Å². The monoisotopic (exact) mass is 141 g/mol. The van der Waals surface area contributed by atoms with Crippen molar-refractivity contribution in [3.63, 3.8) is 0 Å². The fourth-order valence-corrected chi connectivity index (χ4v) is 1.43. The molecule has 0 saturated carbocycles. The SMILES string of the molecule is C[C@@H]1CC[C@H](C=O)CN1C. The zero-order valence-corrected chi connectivity index (χ0v) is 6.71. The lowest BCUT2D eigenvalue weighted by atomic mass is 9.95. The summed E-state index contributed by atoms with van der Waals surface area (Å²) in [6.07, 6.45) is 3.33. The van der Waals surface area contributed by atoms with Gasteiger partial charge < -0.3 is 9.69 Å². The fraction of sp³-hybridized carbons (Fsp3) is 0.875. The van der Waals surface area contributed by atoms with Crippen LogP contribution in [0.25, 0.3) is 0 Å². The third-order valence-corrected chi connectivity index (χ3v) is 2.42. The molecule has 1 aliphatic rings. The number of rotatable bonds is 1. The van der Waals surface area contributed by atoms with Crippen LogP contribution in [0.4, 0.5) is 0 Å². The molecule has 0 aromatic carbocycles. The molecular formula is C8H15NO. The van der Waals surface area contributed by atoms with Gasteiger partial charge in [0.25, 0.3) is 0 Å². The quantitative estimate of drug-likeness (QED) is 0.506. The maximum absolute atomic E-state index is 10.4. The summed E-state index contributed by atoms with van der Waals surface area (Å²) >= 11 is 0. The summed E-state index contributed by atoms with van der Waals surface area (Å²) in [4.78, 5) is 12.6. The van der Waals surface area contributed by atoms with Crippen LogP contribution in [0.2, 0.25) is 0 Å². The number of aldehydes is 1. The first-order chi connectivity index (χ1) is 4.74. The summed E-state index contributed by atoms with van der Waals surface area (Å²) < 4.78 is 0. The van der Waals surface area contributed by atoms with E-state index in [-0.39, 0.29) is 0 Å². The van der Waals surface area contributed by atoms with Crippen molar-refractivity contribution in [2.24, 2.45) is 5.92 Å². The largest absolute Gasteiger partial charge is 0.303 e. The highest BCUT2D eigenvalue weighted by molar-refractivity contribution is 5.53. The molecule has 1 saturated heterocycles. The van der Waals surface area contributed by atoms with Gasteiger partial charge in [-0.05, 0) is 26.8 Å². The molecule has 0 aliphatic carbocycles. The van der Waals surface area contributed by atoms with Gasteiger partial charge in [0.1, 0.15) is 6.29 Å². The van der Waals surface area contributed by atoms with Crippen LogP contribution < -0.4 is 0 Å². The Morgan fingerprint density at radius 3 is 2.70 bits per heavy atom. The zero-order chi connectivity index (χ0) is 7.56. The Hall–Kier alpha value is -0.370. The summed E-state index contributed by atoms with van der Waals surface area (Å²) in [7, 11) is 2.08. The molecule has 0 bridgehead atoms. The standard InChI is InChI=1S/C8H15NO/c1-7-3-4-8(6-10)5-9(7)2/h6-8H,3-5H2,1-2H3/t7-,8+/m1/s1. The van der Waals surface area contributed by atoms with Crippen molar-refractivity contribution in [1.82, 2.24) is 4.90 Å². The molecule has 2 nitrogen and oxygen atoms in total. The van der Waals surface area contributed by atoms with Gasteiger partial charge in [0, 0.05) is 18.5 Å². The molecule has 2 atom stereocenters. The number of hydrogen-bond donors (Lipinski definition) is 0. The molecule has 0 radical (unpaired) electrons. The Labute approximate surface area is 62.2 Å². The molecule has 1 fully saturated rings. The van der Waals surface area contributed by atoms with Crippen LogP contribution >= 0.6 is 0 Å². The highest BCUT2D eigenvalue weighted by Crippen LogP contribution is 2.17. The summed E-state index contributed by atoms with van der Waals surface area (Å²) in [5.74, 6) is 0.293. The van der Waals surface area contributed by atoms with Crippen molar-refractivity contribution in [3.05, 3.63) is 0 Å². The summed E-state index contributed by atoms with van der Waals surface area (Å²) in [6, 6.07) is 0.663. The second-order valence-corrected chi connectivity index (χ2v) is 3.26. The van der Waals surface area contributed by atoms with E-state index in [0.29, 0.717) is 12.0 Å². The highest BCUT2D eigenvalue weighted by atomic mass is 16.1. The smallest absolute Gasteiger partial charge is 0.124 e. The summed E-state index contributed by atoms with van der Waals surface area (Å²) in [5, 5.41) is 0. The lowest BCUT2D eigenvalue weighted by Crippen LogP contribution is -2.39. The van der Waals surface area contributed by atoms with Gasteiger partial charge >= 0.3 is 0 Å². The Morgan fingerprint density at radius 1 is 1.50 bits per heavy atom. The van der Waals surface area contributed by atoms with Gasteiger partial charge in [-0.15, -0.1) is 0 Å². The van der Waals surface area contributed by atoms with Gasteiger partial charge in [0.05, 0.1) is 0 Å². The molecule has 0 aromatic rings. The number of hydrogen-bond acceptors (Lipinski definition) is 2. The van der Waals surface area contributed by atoms with Gasteiger partial charge in [-0.1, -0.05) is 0 Å². The number of piperidine rings is 1. The molecular weight excluding hydrogens is 126 g/mol. The molecule has 1 rings (SSSR count). The third-order valence-electron chi connectivity index (χ3n) is 2.42. The molecule has 0 aromatic heterocycles. The minimum Gasteiger partial charge on any atom is -0.303 e. The molecule has 10 heavy (non-hydrogen) atoms. The van der Waals surface area contributed by atoms with Gasteiger partial charge in [0.2, 0.25) is 0 Å². The van der Waals surface area contributed by atoms with E-state index in [4.69, 9.17) is 0 Å². The second-order valence-electron chi connectivity index (χ2n) is 3.26. The Morgan fingerprint density at radius 2 is 2.20 bits per heavy atom. The Bertz CT molecular complexity index is 124. The number of carbonyl (C=O) groups excluding carboxylic acids is 1. The van der Waals surface area contributed by atoms with Gasteiger partial charge in [-0.2, -0.15) is 0 Å². The van der Waals surface area contributed by atoms with Crippen LogP contribution in [0.5, 0.6) is 0 Å². The average molecular weight is 141 g/mol.